The Kier molecular flexibility index (Phi) is 7.99. The highest BCUT2D eigenvalue weighted by molar-refractivity contribution is 6.35. The van der Waals surface area contributed by atoms with Crippen LogP contribution in [0.2, 0.25) is 5.02 Å². The summed E-state index contributed by atoms with van der Waals surface area (Å²) in [6.07, 6.45) is 4.78. The van der Waals surface area contributed by atoms with E-state index in [-0.39, 0.29) is 5.41 Å². The topological polar surface area (TPSA) is 104 Å². The average Bonchev–Trinajstić information content (AvgIpc) is 3.44. The fourth-order valence-electron chi connectivity index (χ4n) is 4.61. The molecule has 210 valence electrons. The first-order valence-electron chi connectivity index (χ1n) is 13.1. The zero-order valence-corrected chi connectivity index (χ0v) is 23.6. The number of fused-ring (bicyclic) bond motifs is 2. The molecule has 11 heteroatoms. The van der Waals surface area contributed by atoms with Crippen molar-refractivity contribution in [2.24, 2.45) is 5.41 Å². The maximum atomic E-state index is 13.5. The molecule has 1 atom stereocenters. The highest BCUT2D eigenvalue weighted by atomic mass is 35.5. The van der Waals surface area contributed by atoms with Gasteiger partial charge in [-0.15, -0.1) is 5.10 Å². The minimum atomic E-state index is -1.06. The number of nitrogens with one attached hydrogen (secondary N) is 2. The number of hydrogen-bond donors (Lipinski definition) is 2. The molecule has 0 bridgehead atoms. The van der Waals surface area contributed by atoms with Crippen molar-refractivity contribution in [2.75, 3.05) is 30.5 Å². The van der Waals surface area contributed by atoms with E-state index in [1.54, 1.807) is 18.5 Å². The van der Waals surface area contributed by atoms with E-state index in [0.29, 0.717) is 45.1 Å². The van der Waals surface area contributed by atoms with Gasteiger partial charge in [0.15, 0.2) is 0 Å². The van der Waals surface area contributed by atoms with Gasteiger partial charge < -0.3 is 10.6 Å². The molecule has 0 fully saturated rings. The molecule has 5 rings (SSSR count). The molecule has 8 nitrogen and oxygen atoms in total. The third-order valence-corrected chi connectivity index (χ3v) is 6.98. The molecular formula is C30H29ClF2N8. The van der Waals surface area contributed by atoms with Crippen LogP contribution in [-0.2, 0) is 0 Å². The first-order valence-corrected chi connectivity index (χ1v) is 13.5. The smallest absolute Gasteiger partial charge is 0.114 e. The monoisotopic (exact) mass is 574 g/mol. The molecule has 1 unspecified atom stereocenters. The quantitative estimate of drug-likeness (QED) is 0.194. The molecule has 0 aliphatic rings. The summed E-state index contributed by atoms with van der Waals surface area (Å²) >= 11 is 6.73. The van der Waals surface area contributed by atoms with Gasteiger partial charge in [0.2, 0.25) is 0 Å². The lowest BCUT2D eigenvalue weighted by atomic mass is 9.96. The van der Waals surface area contributed by atoms with Crippen LogP contribution in [-0.4, -0.2) is 44.9 Å². The maximum Gasteiger partial charge on any atom is 0.114 e. The van der Waals surface area contributed by atoms with Gasteiger partial charge in [-0.05, 0) is 35.2 Å². The van der Waals surface area contributed by atoms with Crippen LogP contribution < -0.4 is 10.6 Å². The summed E-state index contributed by atoms with van der Waals surface area (Å²) in [5, 5.41) is 27.0. The lowest BCUT2D eigenvalue weighted by Crippen LogP contribution is -2.20. The molecule has 0 amide bonds. The van der Waals surface area contributed by atoms with Crippen molar-refractivity contribution in [3.05, 3.63) is 82.9 Å². The van der Waals surface area contributed by atoms with E-state index in [0.717, 1.165) is 16.5 Å². The third kappa shape index (κ3) is 5.91. The molecule has 0 spiro atoms. The van der Waals surface area contributed by atoms with E-state index in [1.165, 1.54) is 10.9 Å². The van der Waals surface area contributed by atoms with Crippen LogP contribution in [0.25, 0.3) is 21.8 Å². The normalized spacial score (nSPS) is 12.5. The lowest BCUT2D eigenvalue weighted by molar-refractivity contribution is 0.269. The molecule has 0 aliphatic heterocycles. The van der Waals surface area contributed by atoms with Crippen molar-refractivity contribution in [3.63, 3.8) is 0 Å². The molecule has 0 radical (unpaired) electrons. The minimum Gasteiger partial charge on any atom is -0.383 e. The Morgan fingerprint density at radius 3 is 2.61 bits per heavy atom. The van der Waals surface area contributed by atoms with Crippen molar-refractivity contribution in [1.82, 2.24) is 25.0 Å². The van der Waals surface area contributed by atoms with Crippen LogP contribution in [0, 0.1) is 16.7 Å². The summed E-state index contributed by atoms with van der Waals surface area (Å²) in [6, 6.07) is 13.7. The summed E-state index contributed by atoms with van der Waals surface area (Å²) in [4.78, 5) is 8.92. The van der Waals surface area contributed by atoms with E-state index in [1.807, 2.05) is 36.4 Å². The van der Waals surface area contributed by atoms with Crippen molar-refractivity contribution in [2.45, 2.75) is 32.9 Å². The zero-order chi connectivity index (χ0) is 29.1. The van der Waals surface area contributed by atoms with Gasteiger partial charge in [0.25, 0.3) is 0 Å². The second-order valence-electron chi connectivity index (χ2n) is 11.0. The van der Waals surface area contributed by atoms with Crippen LogP contribution in [0.3, 0.4) is 0 Å². The number of alkyl halides is 2. The predicted octanol–water partition coefficient (Wildman–Crippen LogP) is 7.04. The molecule has 41 heavy (non-hydrogen) atoms. The SMILES string of the molecule is CC(C)(C)CNc1c(C#N)cnc2c(Cl)cc(NC(c3cn(C(CF)CF)nn3)c3cccc4ncccc34)cc12. The number of benzene rings is 2. The summed E-state index contributed by atoms with van der Waals surface area (Å²) in [6.45, 7) is 5.10. The minimum absolute atomic E-state index is 0.0433. The Bertz CT molecular complexity index is 1730. The first-order chi connectivity index (χ1) is 19.7. The highest BCUT2D eigenvalue weighted by Crippen LogP contribution is 2.37. The van der Waals surface area contributed by atoms with Crippen molar-refractivity contribution in [1.29, 1.82) is 5.26 Å². The van der Waals surface area contributed by atoms with Gasteiger partial charge in [-0.25, -0.2) is 13.5 Å². The second kappa shape index (κ2) is 11.6. The molecule has 3 aromatic heterocycles. The molecule has 2 N–H and O–H groups in total. The zero-order valence-electron chi connectivity index (χ0n) is 22.9. The number of halogens is 3. The predicted molar refractivity (Wildman–Crippen MR) is 158 cm³/mol. The first kappa shape index (κ1) is 28.2. The Hall–Kier alpha value is -4.36. The number of aromatic nitrogens is 5. The third-order valence-electron chi connectivity index (χ3n) is 6.70. The van der Waals surface area contributed by atoms with Gasteiger partial charge >= 0.3 is 0 Å². The number of rotatable bonds is 9. The molecule has 0 saturated heterocycles. The fraction of sp³-hybridized carbons (Fsp3) is 0.300. The van der Waals surface area contributed by atoms with E-state index >= 15 is 0 Å². The molecule has 2 aromatic carbocycles. The van der Waals surface area contributed by atoms with Gasteiger partial charge in [0, 0.05) is 35.4 Å². The summed E-state index contributed by atoms with van der Waals surface area (Å²) in [5.74, 6) is 0. The van der Waals surface area contributed by atoms with Gasteiger partial charge in [-0.2, -0.15) is 5.26 Å². The van der Waals surface area contributed by atoms with E-state index in [2.05, 4.69) is 57.8 Å². The van der Waals surface area contributed by atoms with E-state index in [9.17, 15) is 14.0 Å². The van der Waals surface area contributed by atoms with Gasteiger partial charge in [0.05, 0.1) is 39.5 Å². The molecule has 5 aromatic rings. The summed E-state index contributed by atoms with van der Waals surface area (Å²) in [5.41, 5.74) is 4.26. The van der Waals surface area contributed by atoms with E-state index in [4.69, 9.17) is 11.6 Å². The number of hydrogen-bond acceptors (Lipinski definition) is 7. The number of nitrogens with zero attached hydrogens (tertiary/aromatic N) is 6. The molecule has 0 aliphatic carbocycles. The highest BCUT2D eigenvalue weighted by Gasteiger charge is 2.24. The van der Waals surface area contributed by atoms with Gasteiger partial charge in [0.1, 0.15) is 31.2 Å². The Labute approximate surface area is 241 Å². The average molecular weight is 575 g/mol. The standard InChI is InChI=1S/C30H29ClF2N8/c1-30(2,3)17-37-27-18(14-34)15-36-28-23(27)10-19(11-24(28)31)38-29(26-16-41(40-39-26)20(12-32)13-33)22-6-4-8-25-21(22)7-5-9-35-25/h4-11,15-16,20,29,38H,12-13,17H2,1-3H3,(H,36,37). The van der Waals surface area contributed by atoms with Crippen LogP contribution >= 0.6 is 11.6 Å². The Balaban J connectivity index is 1.65. The molecular weight excluding hydrogens is 546 g/mol. The van der Waals surface area contributed by atoms with Crippen molar-refractivity contribution < 1.29 is 8.78 Å². The second-order valence-corrected chi connectivity index (χ2v) is 11.4. The van der Waals surface area contributed by atoms with Crippen molar-refractivity contribution >= 4 is 44.8 Å². The maximum absolute atomic E-state index is 13.5. The number of anilines is 2. The Morgan fingerprint density at radius 1 is 1.07 bits per heavy atom. The molecule has 0 saturated carbocycles. The fourth-order valence-corrected chi connectivity index (χ4v) is 4.88. The van der Waals surface area contributed by atoms with Crippen LogP contribution in [0.1, 0.15) is 49.7 Å². The number of nitriles is 1. The Morgan fingerprint density at radius 2 is 1.88 bits per heavy atom. The van der Waals surface area contributed by atoms with Crippen LogP contribution in [0.5, 0.6) is 0 Å². The molecule has 3 heterocycles. The van der Waals surface area contributed by atoms with Gasteiger partial charge in [-0.1, -0.05) is 55.8 Å². The van der Waals surface area contributed by atoms with E-state index < -0.39 is 25.4 Å². The van der Waals surface area contributed by atoms with Crippen LogP contribution in [0.4, 0.5) is 20.2 Å². The van der Waals surface area contributed by atoms with Gasteiger partial charge in [-0.3, -0.25) is 9.97 Å². The lowest BCUT2D eigenvalue weighted by Gasteiger charge is -2.23. The van der Waals surface area contributed by atoms with Crippen LogP contribution in [0.15, 0.2) is 61.1 Å². The summed E-state index contributed by atoms with van der Waals surface area (Å²) in [7, 11) is 0. The number of pyridine rings is 2. The van der Waals surface area contributed by atoms with Crippen molar-refractivity contribution in [3.8, 4) is 6.07 Å². The summed E-state index contributed by atoms with van der Waals surface area (Å²) < 4.78 is 28.1. The largest absolute Gasteiger partial charge is 0.383 e.